The Balaban J connectivity index is 2.44. The zero-order valence-electron chi connectivity index (χ0n) is 9.99. The Kier molecular flexibility index (Phi) is 2.83. The Hall–Kier alpha value is -1.55. The molecule has 0 aliphatic rings. The maximum atomic E-state index is 6.08. The summed E-state index contributed by atoms with van der Waals surface area (Å²) in [6, 6.07) is 5.19. The summed E-state index contributed by atoms with van der Waals surface area (Å²) in [5.74, 6) is 1.07. The SMILES string of the molecule is CC(C)(C)c1noc(-c2ccc(N)cc2Cl)n1. The van der Waals surface area contributed by atoms with Crippen molar-refractivity contribution in [2.24, 2.45) is 0 Å². The lowest BCUT2D eigenvalue weighted by Crippen LogP contribution is -2.13. The number of nitrogens with two attached hydrogens (primary N) is 1. The van der Waals surface area contributed by atoms with Crippen molar-refractivity contribution in [3.8, 4) is 11.5 Å². The fraction of sp³-hybridized carbons (Fsp3) is 0.333. The molecule has 0 saturated heterocycles. The monoisotopic (exact) mass is 251 g/mol. The average molecular weight is 252 g/mol. The zero-order chi connectivity index (χ0) is 12.6. The lowest BCUT2D eigenvalue weighted by atomic mass is 9.96. The summed E-state index contributed by atoms with van der Waals surface area (Å²) in [7, 11) is 0. The van der Waals surface area contributed by atoms with Crippen LogP contribution in [0.15, 0.2) is 22.7 Å². The van der Waals surface area contributed by atoms with Crippen LogP contribution in [-0.2, 0) is 5.41 Å². The van der Waals surface area contributed by atoms with Crippen molar-refractivity contribution < 1.29 is 4.52 Å². The second-order valence-corrected chi connectivity index (χ2v) is 5.32. The fourth-order valence-corrected chi connectivity index (χ4v) is 1.61. The van der Waals surface area contributed by atoms with Crippen LogP contribution in [0.2, 0.25) is 5.02 Å². The minimum Gasteiger partial charge on any atom is -0.399 e. The Bertz CT molecular complexity index is 543. The number of aromatic nitrogens is 2. The molecule has 0 saturated carbocycles. The molecule has 4 nitrogen and oxygen atoms in total. The third-order valence-electron chi connectivity index (χ3n) is 2.32. The molecule has 2 rings (SSSR count). The van der Waals surface area contributed by atoms with Gasteiger partial charge in [-0.15, -0.1) is 0 Å². The molecule has 1 aromatic heterocycles. The Morgan fingerprint density at radius 2 is 2.00 bits per heavy atom. The Morgan fingerprint density at radius 3 is 2.53 bits per heavy atom. The molecule has 90 valence electrons. The number of hydrogen-bond donors (Lipinski definition) is 1. The molecule has 0 atom stereocenters. The van der Waals surface area contributed by atoms with Crippen LogP contribution in [-0.4, -0.2) is 10.1 Å². The van der Waals surface area contributed by atoms with E-state index in [4.69, 9.17) is 21.9 Å². The maximum Gasteiger partial charge on any atom is 0.259 e. The molecule has 0 radical (unpaired) electrons. The molecular formula is C12H14ClN3O. The topological polar surface area (TPSA) is 64.9 Å². The van der Waals surface area contributed by atoms with E-state index in [0.29, 0.717) is 28.0 Å². The number of anilines is 1. The molecule has 1 aromatic carbocycles. The number of halogens is 1. The standard InChI is InChI=1S/C12H14ClN3O/c1-12(2,3)11-15-10(17-16-11)8-5-4-7(14)6-9(8)13/h4-6H,14H2,1-3H3. The van der Waals surface area contributed by atoms with Gasteiger partial charge in [-0.05, 0) is 18.2 Å². The van der Waals surface area contributed by atoms with E-state index in [1.54, 1.807) is 18.2 Å². The average Bonchev–Trinajstić information content (AvgIpc) is 2.65. The normalized spacial score (nSPS) is 11.8. The van der Waals surface area contributed by atoms with Crippen molar-refractivity contribution in [1.29, 1.82) is 0 Å². The third kappa shape index (κ3) is 2.42. The largest absolute Gasteiger partial charge is 0.399 e. The summed E-state index contributed by atoms with van der Waals surface area (Å²) in [4.78, 5) is 4.34. The fourth-order valence-electron chi connectivity index (χ4n) is 1.34. The van der Waals surface area contributed by atoms with Gasteiger partial charge in [0.05, 0.1) is 10.6 Å². The van der Waals surface area contributed by atoms with Gasteiger partial charge in [0.1, 0.15) is 0 Å². The van der Waals surface area contributed by atoms with Gasteiger partial charge in [0.25, 0.3) is 5.89 Å². The Labute approximate surface area is 105 Å². The molecule has 0 unspecified atom stereocenters. The number of benzene rings is 1. The van der Waals surface area contributed by atoms with Gasteiger partial charge in [0.2, 0.25) is 0 Å². The molecule has 2 N–H and O–H groups in total. The molecule has 0 aliphatic carbocycles. The van der Waals surface area contributed by atoms with E-state index in [1.807, 2.05) is 20.8 Å². The van der Waals surface area contributed by atoms with E-state index in [1.165, 1.54) is 0 Å². The van der Waals surface area contributed by atoms with Crippen molar-refractivity contribution >= 4 is 17.3 Å². The van der Waals surface area contributed by atoms with Crippen LogP contribution in [0.5, 0.6) is 0 Å². The van der Waals surface area contributed by atoms with Crippen LogP contribution >= 0.6 is 11.6 Å². The van der Waals surface area contributed by atoms with Crippen molar-refractivity contribution in [2.75, 3.05) is 5.73 Å². The van der Waals surface area contributed by atoms with Crippen LogP contribution in [0.25, 0.3) is 11.5 Å². The van der Waals surface area contributed by atoms with Crippen molar-refractivity contribution in [1.82, 2.24) is 10.1 Å². The smallest absolute Gasteiger partial charge is 0.259 e. The molecule has 0 spiro atoms. The summed E-state index contributed by atoms with van der Waals surface area (Å²) >= 11 is 6.08. The molecule has 1 heterocycles. The molecule has 0 aliphatic heterocycles. The first-order valence-electron chi connectivity index (χ1n) is 5.27. The number of nitrogens with zero attached hydrogens (tertiary/aromatic N) is 2. The zero-order valence-corrected chi connectivity index (χ0v) is 10.7. The summed E-state index contributed by atoms with van der Waals surface area (Å²) in [6.45, 7) is 6.06. The first-order valence-corrected chi connectivity index (χ1v) is 5.65. The van der Waals surface area contributed by atoms with Gasteiger partial charge in [-0.25, -0.2) is 0 Å². The highest BCUT2D eigenvalue weighted by Crippen LogP contribution is 2.30. The van der Waals surface area contributed by atoms with Crippen LogP contribution in [0.1, 0.15) is 26.6 Å². The minimum absolute atomic E-state index is 0.151. The van der Waals surface area contributed by atoms with E-state index in [-0.39, 0.29) is 5.41 Å². The molecule has 0 amide bonds. The molecule has 2 aromatic rings. The summed E-state index contributed by atoms with van der Waals surface area (Å²) in [6.07, 6.45) is 0. The van der Waals surface area contributed by atoms with Crippen LogP contribution in [0, 0.1) is 0 Å². The van der Waals surface area contributed by atoms with Gasteiger partial charge < -0.3 is 10.3 Å². The lowest BCUT2D eigenvalue weighted by Gasteiger charge is -2.10. The van der Waals surface area contributed by atoms with Gasteiger partial charge >= 0.3 is 0 Å². The van der Waals surface area contributed by atoms with Crippen molar-refractivity contribution in [3.05, 3.63) is 29.0 Å². The van der Waals surface area contributed by atoms with E-state index in [2.05, 4.69) is 10.1 Å². The molecule has 17 heavy (non-hydrogen) atoms. The molecule has 0 fully saturated rings. The highest BCUT2D eigenvalue weighted by Gasteiger charge is 2.22. The first kappa shape index (κ1) is 11.9. The van der Waals surface area contributed by atoms with Gasteiger partial charge in [0, 0.05) is 11.1 Å². The minimum atomic E-state index is -0.151. The van der Waals surface area contributed by atoms with E-state index in [9.17, 15) is 0 Å². The third-order valence-corrected chi connectivity index (χ3v) is 2.63. The number of rotatable bonds is 1. The highest BCUT2D eigenvalue weighted by molar-refractivity contribution is 6.33. The predicted molar refractivity (Wildman–Crippen MR) is 67.9 cm³/mol. The molecule has 0 bridgehead atoms. The van der Waals surface area contributed by atoms with E-state index >= 15 is 0 Å². The predicted octanol–water partition coefficient (Wildman–Crippen LogP) is 3.27. The Morgan fingerprint density at radius 1 is 1.29 bits per heavy atom. The maximum absolute atomic E-state index is 6.08. The van der Waals surface area contributed by atoms with E-state index < -0.39 is 0 Å². The van der Waals surface area contributed by atoms with Crippen molar-refractivity contribution in [2.45, 2.75) is 26.2 Å². The quantitative estimate of drug-likeness (QED) is 0.790. The first-order chi connectivity index (χ1) is 7.88. The molecular weight excluding hydrogens is 238 g/mol. The van der Waals surface area contributed by atoms with Gasteiger partial charge in [-0.3, -0.25) is 0 Å². The molecule has 5 heteroatoms. The van der Waals surface area contributed by atoms with Crippen molar-refractivity contribution in [3.63, 3.8) is 0 Å². The van der Waals surface area contributed by atoms with Crippen LogP contribution in [0.4, 0.5) is 5.69 Å². The summed E-state index contributed by atoms with van der Waals surface area (Å²) < 4.78 is 5.21. The second-order valence-electron chi connectivity index (χ2n) is 4.91. The second kappa shape index (κ2) is 4.04. The van der Waals surface area contributed by atoms with Crippen LogP contribution in [0.3, 0.4) is 0 Å². The summed E-state index contributed by atoms with van der Waals surface area (Å²) in [5.41, 5.74) is 6.78. The van der Waals surface area contributed by atoms with Gasteiger partial charge in [0.15, 0.2) is 5.82 Å². The van der Waals surface area contributed by atoms with Gasteiger partial charge in [-0.1, -0.05) is 37.5 Å². The van der Waals surface area contributed by atoms with Crippen LogP contribution < -0.4 is 5.73 Å². The number of nitrogen functional groups attached to an aromatic ring is 1. The summed E-state index contributed by atoms with van der Waals surface area (Å²) in [5, 5.41) is 4.46. The highest BCUT2D eigenvalue weighted by atomic mass is 35.5. The van der Waals surface area contributed by atoms with E-state index in [0.717, 1.165) is 0 Å². The van der Waals surface area contributed by atoms with Gasteiger partial charge in [-0.2, -0.15) is 4.98 Å². The lowest BCUT2D eigenvalue weighted by molar-refractivity contribution is 0.402. The number of hydrogen-bond acceptors (Lipinski definition) is 4.